The van der Waals surface area contributed by atoms with E-state index in [1.54, 1.807) is 16.2 Å². The van der Waals surface area contributed by atoms with Crippen LogP contribution < -0.4 is 5.32 Å². The molecule has 2 amide bonds. The number of rotatable bonds is 8. The van der Waals surface area contributed by atoms with E-state index >= 15 is 0 Å². The van der Waals surface area contributed by atoms with Gasteiger partial charge in [0, 0.05) is 23.7 Å². The summed E-state index contributed by atoms with van der Waals surface area (Å²) in [6, 6.07) is 11.5. The second-order valence-electron chi connectivity index (χ2n) is 7.15. The number of carbonyl (C=O) groups is 2. The van der Waals surface area contributed by atoms with E-state index < -0.39 is 0 Å². The van der Waals surface area contributed by atoms with E-state index in [2.05, 4.69) is 30.1 Å². The molecule has 6 heteroatoms. The van der Waals surface area contributed by atoms with Gasteiger partial charge in [0.1, 0.15) is 6.04 Å². The van der Waals surface area contributed by atoms with Crippen molar-refractivity contribution in [3.63, 3.8) is 0 Å². The molecule has 1 aliphatic heterocycles. The molecule has 3 rings (SSSR count). The summed E-state index contributed by atoms with van der Waals surface area (Å²) in [5.74, 6) is -0.0487. The van der Waals surface area contributed by atoms with Gasteiger partial charge in [-0.05, 0) is 55.1 Å². The number of hydrogen-bond acceptors (Lipinski definition) is 4. The van der Waals surface area contributed by atoms with E-state index in [9.17, 15) is 9.59 Å². The summed E-state index contributed by atoms with van der Waals surface area (Å²) in [4.78, 5) is 30.7. The predicted octanol–water partition coefficient (Wildman–Crippen LogP) is 3.76. The molecule has 0 aliphatic carbocycles. The Morgan fingerprint density at radius 3 is 2.75 bits per heavy atom. The number of carbonyl (C=O) groups excluding carboxylic acids is 2. The molecule has 150 valence electrons. The summed E-state index contributed by atoms with van der Waals surface area (Å²) in [7, 11) is 0. The van der Waals surface area contributed by atoms with Crippen molar-refractivity contribution in [2.24, 2.45) is 0 Å². The van der Waals surface area contributed by atoms with Crippen LogP contribution in [0.2, 0.25) is 0 Å². The van der Waals surface area contributed by atoms with Crippen molar-refractivity contribution >= 4 is 28.8 Å². The molecule has 0 bridgehead atoms. The molecule has 0 radical (unpaired) electrons. The number of nitrogens with zero attached hydrogens (tertiary/aromatic N) is 2. The summed E-state index contributed by atoms with van der Waals surface area (Å²) >= 11 is 1.58. The van der Waals surface area contributed by atoms with E-state index in [-0.39, 0.29) is 17.9 Å². The first-order valence-corrected chi connectivity index (χ1v) is 10.9. The maximum atomic E-state index is 12.9. The van der Waals surface area contributed by atoms with Crippen molar-refractivity contribution in [3.05, 3.63) is 52.2 Å². The van der Waals surface area contributed by atoms with E-state index in [1.807, 2.05) is 35.7 Å². The smallest absolute Gasteiger partial charge is 0.247 e. The second kappa shape index (κ2) is 9.85. The number of benzene rings is 1. The van der Waals surface area contributed by atoms with Crippen molar-refractivity contribution in [2.75, 3.05) is 25.0 Å². The lowest BCUT2D eigenvalue weighted by atomic mass is 10.1. The Labute approximate surface area is 171 Å². The van der Waals surface area contributed by atoms with Crippen molar-refractivity contribution in [3.8, 4) is 0 Å². The Kier molecular flexibility index (Phi) is 7.23. The molecule has 0 spiro atoms. The minimum atomic E-state index is -0.376. The normalized spacial score (nSPS) is 16.5. The molecule has 1 N–H and O–H groups in total. The molecule has 1 saturated heterocycles. The molecule has 0 saturated carbocycles. The summed E-state index contributed by atoms with van der Waals surface area (Å²) in [6.07, 6.45) is 1.97. The largest absolute Gasteiger partial charge is 0.330 e. The number of nitrogens with one attached hydrogen (secondary N) is 1. The molecule has 1 atom stereocenters. The minimum absolute atomic E-state index is 0.0374. The van der Waals surface area contributed by atoms with Crippen LogP contribution >= 0.6 is 11.3 Å². The van der Waals surface area contributed by atoms with Gasteiger partial charge in [0.25, 0.3) is 0 Å². The molecule has 1 aromatic carbocycles. The Morgan fingerprint density at radius 2 is 2.04 bits per heavy atom. The summed E-state index contributed by atoms with van der Waals surface area (Å²) in [5, 5.41) is 5.00. The first kappa shape index (κ1) is 20.6. The highest BCUT2D eigenvalue weighted by Gasteiger charge is 2.34. The Balaban J connectivity index is 1.62. The zero-order valence-electron chi connectivity index (χ0n) is 16.7. The molecular weight excluding hydrogens is 370 g/mol. The van der Waals surface area contributed by atoms with Crippen molar-refractivity contribution in [1.82, 2.24) is 9.80 Å². The van der Waals surface area contributed by atoms with Crippen LogP contribution in [0.5, 0.6) is 0 Å². The topological polar surface area (TPSA) is 52.7 Å². The zero-order valence-corrected chi connectivity index (χ0v) is 17.5. The maximum absolute atomic E-state index is 12.9. The van der Waals surface area contributed by atoms with Gasteiger partial charge in [0.15, 0.2) is 0 Å². The van der Waals surface area contributed by atoms with Gasteiger partial charge in [-0.15, -0.1) is 11.3 Å². The molecule has 2 heterocycles. The number of thiophene rings is 1. The van der Waals surface area contributed by atoms with Gasteiger partial charge in [-0.1, -0.05) is 32.0 Å². The molecule has 5 nitrogen and oxygen atoms in total. The highest BCUT2D eigenvalue weighted by molar-refractivity contribution is 7.10. The monoisotopic (exact) mass is 399 g/mol. The Morgan fingerprint density at radius 1 is 1.21 bits per heavy atom. The van der Waals surface area contributed by atoms with Gasteiger partial charge in [-0.3, -0.25) is 14.5 Å². The number of anilines is 1. The lowest BCUT2D eigenvalue weighted by molar-refractivity contribution is -0.136. The molecular formula is C22H29N3O2S. The highest BCUT2D eigenvalue weighted by atomic mass is 32.1. The van der Waals surface area contributed by atoms with E-state index in [1.165, 1.54) is 5.56 Å². The van der Waals surface area contributed by atoms with Crippen LogP contribution in [0.15, 0.2) is 41.8 Å². The molecule has 1 aromatic heterocycles. The molecule has 1 fully saturated rings. The lowest BCUT2D eigenvalue weighted by Gasteiger charge is -2.24. The molecule has 1 aliphatic rings. The third-order valence-corrected chi connectivity index (χ3v) is 6.15. The van der Waals surface area contributed by atoms with Gasteiger partial charge in [-0.2, -0.15) is 0 Å². The van der Waals surface area contributed by atoms with Crippen LogP contribution in [0.4, 0.5) is 5.69 Å². The van der Waals surface area contributed by atoms with E-state index in [4.69, 9.17) is 0 Å². The average molecular weight is 400 g/mol. The Bertz CT molecular complexity index is 787. The zero-order chi connectivity index (χ0) is 19.9. The van der Waals surface area contributed by atoms with Crippen LogP contribution in [0.3, 0.4) is 0 Å². The first-order valence-electron chi connectivity index (χ1n) is 10.0. The van der Waals surface area contributed by atoms with Crippen molar-refractivity contribution in [1.29, 1.82) is 0 Å². The third-order valence-electron chi connectivity index (χ3n) is 5.28. The molecule has 1 unspecified atom stereocenters. The summed E-state index contributed by atoms with van der Waals surface area (Å²) in [5.41, 5.74) is 1.98. The molecule has 28 heavy (non-hydrogen) atoms. The summed E-state index contributed by atoms with van der Waals surface area (Å²) in [6.45, 7) is 7.82. The van der Waals surface area contributed by atoms with Crippen LogP contribution in [0, 0.1) is 0 Å². The predicted molar refractivity (Wildman–Crippen MR) is 114 cm³/mol. The summed E-state index contributed by atoms with van der Waals surface area (Å²) < 4.78 is 0. The van der Waals surface area contributed by atoms with Gasteiger partial charge < -0.3 is 10.2 Å². The quantitative estimate of drug-likeness (QED) is 0.735. The standard InChI is InChI=1S/C22H29N3O2S/c1-3-24(4-2)16-17-8-5-9-18(14-17)23-22(27)20-11-6-12-25(20)21(26)15-19-10-7-13-28-19/h5,7-10,13-14,20H,3-4,6,11-12,15-16H2,1-2H3,(H,23,27). The fraction of sp³-hybridized carbons (Fsp3) is 0.455. The second-order valence-corrected chi connectivity index (χ2v) is 8.18. The maximum Gasteiger partial charge on any atom is 0.247 e. The van der Waals surface area contributed by atoms with E-state index in [0.29, 0.717) is 13.0 Å². The van der Waals surface area contributed by atoms with Crippen LogP contribution in [-0.4, -0.2) is 47.3 Å². The number of hydrogen-bond donors (Lipinski definition) is 1. The average Bonchev–Trinajstić information content (AvgIpc) is 3.38. The lowest BCUT2D eigenvalue weighted by Crippen LogP contribution is -2.43. The third kappa shape index (κ3) is 5.20. The highest BCUT2D eigenvalue weighted by Crippen LogP contribution is 2.22. The molecule has 2 aromatic rings. The van der Waals surface area contributed by atoms with Gasteiger partial charge >= 0.3 is 0 Å². The fourth-order valence-electron chi connectivity index (χ4n) is 3.68. The number of amides is 2. The minimum Gasteiger partial charge on any atom is -0.330 e. The van der Waals surface area contributed by atoms with Crippen LogP contribution in [0.25, 0.3) is 0 Å². The van der Waals surface area contributed by atoms with Crippen molar-refractivity contribution in [2.45, 2.75) is 45.7 Å². The van der Waals surface area contributed by atoms with Crippen LogP contribution in [-0.2, 0) is 22.6 Å². The SMILES string of the molecule is CCN(CC)Cc1cccc(NC(=O)C2CCCN2C(=O)Cc2cccs2)c1. The van der Waals surface area contributed by atoms with Gasteiger partial charge in [-0.25, -0.2) is 0 Å². The van der Waals surface area contributed by atoms with Crippen molar-refractivity contribution < 1.29 is 9.59 Å². The first-order chi connectivity index (χ1) is 13.6. The van der Waals surface area contributed by atoms with Gasteiger partial charge in [0.2, 0.25) is 11.8 Å². The fourth-order valence-corrected chi connectivity index (χ4v) is 4.38. The number of likely N-dealkylation sites (tertiary alicyclic amines) is 1. The van der Waals surface area contributed by atoms with Gasteiger partial charge in [0.05, 0.1) is 6.42 Å². The Hall–Kier alpha value is -2.18. The van der Waals surface area contributed by atoms with E-state index in [0.717, 1.165) is 43.0 Å². The van der Waals surface area contributed by atoms with Crippen LogP contribution in [0.1, 0.15) is 37.1 Å².